The van der Waals surface area contributed by atoms with E-state index in [2.05, 4.69) is 74.5 Å². The Morgan fingerprint density at radius 2 is 1.62 bits per heavy atom. The molecule has 0 saturated carbocycles. The van der Waals surface area contributed by atoms with Crippen molar-refractivity contribution in [2.24, 2.45) is 0 Å². The Labute approximate surface area is 161 Å². The predicted molar refractivity (Wildman–Crippen MR) is 118 cm³/mol. The number of hydrogen-bond donors (Lipinski definition) is 0. The molecule has 0 unspecified atom stereocenters. The molecule has 0 radical (unpaired) electrons. The van der Waals surface area contributed by atoms with E-state index in [1.54, 1.807) is 16.0 Å². The number of allylic oxidation sites excluding steroid dienone is 4. The van der Waals surface area contributed by atoms with Crippen LogP contribution in [-0.4, -0.2) is 9.52 Å². The molecule has 0 atom stereocenters. The van der Waals surface area contributed by atoms with Gasteiger partial charge >= 0.3 is 0 Å². The molecular formula is C25H32Si. The van der Waals surface area contributed by atoms with E-state index < -0.39 is 0 Å². The molecule has 136 valence electrons. The van der Waals surface area contributed by atoms with Crippen molar-refractivity contribution in [2.45, 2.75) is 58.8 Å². The van der Waals surface area contributed by atoms with Gasteiger partial charge in [0.15, 0.2) is 0 Å². The van der Waals surface area contributed by atoms with E-state index >= 15 is 0 Å². The SMILES string of the molecule is CCCCc1ccc(Cc2ccccc2[SiH2]C2=C(CCC)C=CC2)cc1. The highest BCUT2D eigenvalue weighted by Crippen LogP contribution is 2.22. The zero-order chi connectivity index (χ0) is 18.2. The lowest BCUT2D eigenvalue weighted by Crippen LogP contribution is -2.21. The van der Waals surface area contributed by atoms with Gasteiger partial charge in [0.25, 0.3) is 0 Å². The number of hydrogen-bond acceptors (Lipinski definition) is 0. The van der Waals surface area contributed by atoms with E-state index in [-0.39, 0.29) is 9.52 Å². The molecule has 26 heavy (non-hydrogen) atoms. The molecule has 0 aromatic heterocycles. The number of aryl methyl sites for hydroxylation is 1. The lowest BCUT2D eigenvalue weighted by molar-refractivity contribution is 0.795. The molecule has 1 aliphatic carbocycles. The molecule has 0 aliphatic heterocycles. The minimum atomic E-state index is -0.350. The van der Waals surface area contributed by atoms with Gasteiger partial charge in [0.2, 0.25) is 0 Å². The van der Waals surface area contributed by atoms with Crippen molar-refractivity contribution in [3.63, 3.8) is 0 Å². The first-order chi connectivity index (χ1) is 12.8. The molecule has 0 bridgehead atoms. The molecule has 3 rings (SSSR count). The van der Waals surface area contributed by atoms with Gasteiger partial charge in [-0.25, -0.2) is 0 Å². The second-order valence-electron chi connectivity index (χ2n) is 7.53. The lowest BCUT2D eigenvalue weighted by Gasteiger charge is -2.12. The molecule has 0 N–H and O–H groups in total. The Hall–Kier alpha value is -1.86. The number of rotatable bonds is 9. The van der Waals surface area contributed by atoms with Gasteiger partial charge in [0, 0.05) is 0 Å². The molecule has 0 heterocycles. The van der Waals surface area contributed by atoms with Crippen molar-refractivity contribution >= 4 is 14.7 Å². The highest BCUT2D eigenvalue weighted by Gasteiger charge is 2.12. The molecule has 0 fully saturated rings. The van der Waals surface area contributed by atoms with Crippen molar-refractivity contribution < 1.29 is 0 Å². The fraction of sp³-hybridized carbons (Fsp3) is 0.360. The van der Waals surface area contributed by atoms with E-state index in [0.29, 0.717) is 0 Å². The average Bonchev–Trinajstić information content (AvgIpc) is 3.10. The van der Waals surface area contributed by atoms with Gasteiger partial charge in [-0.3, -0.25) is 0 Å². The third kappa shape index (κ3) is 5.08. The van der Waals surface area contributed by atoms with Gasteiger partial charge in [0.05, 0.1) is 9.52 Å². The first-order valence-corrected chi connectivity index (χ1v) is 11.7. The van der Waals surface area contributed by atoms with Crippen molar-refractivity contribution in [2.75, 3.05) is 0 Å². The van der Waals surface area contributed by atoms with Crippen LogP contribution in [0.5, 0.6) is 0 Å². The van der Waals surface area contributed by atoms with Gasteiger partial charge in [-0.1, -0.05) is 103 Å². The Morgan fingerprint density at radius 3 is 2.38 bits per heavy atom. The summed E-state index contributed by atoms with van der Waals surface area (Å²) in [5.41, 5.74) is 6.09. The Bertz CT molecular complexity index is 765. The zero-order valence-electron chi connectivity index (χ0n) is 16.4. The van der Waals surface area contributed by atoms with E-state index in [9.17, 15) is 0 Å². The predicted octanol–water partition coefficient (Wildman–Crippen LogP) is 5.43. The summed E-state index contributed by atoms with van der Waals surface area (Å²) < 4.78 is 0. The van der Waals surface area contributed by atoms with Crippen LogP contribution in [0.3, 0.4) is 0 Å². The quantitative estimate of drug-likeness (QED) is 0.523. The van der Waals surface area contributed by atoms with Gasteiger partial charge in [-0.05, 0) is 48.8 Å². The molecule has 0 spiro atoms. The Kier molecular flexibility index (Phi) is 7.08. The molecule has 2 aromatic carbocycles. The Balaban J connectivity index is 1.72. The maximum atomic E-state index is 2.38. The summed E-state index contributed by atoms with van der Waals surface area (Å²) in [5.74, 6) is 0. The minimum Gasteiger partial charge on any atom is -0.0806 e. The van der Waals surface area contributed by atoms with Crippen LogP contribution in [0.15, 0.2) is 71.5 Å². The molecule has 2 aromatic rings. The Morgan fingerprint density at radius 1 is 0.846 bits per heavy atom. The summed E-state index contributed by atoms with van der Waals surface area (Å²) in [6.45, 7) is 4.55. The highest BCUT2D eigenvalue weighted by molar-refractivity contribution is 6.61. The molecule has 1 aliphatic rings. The van der Waals surface area contributed by atoms with Gasteiger partial charge in [-0.15, -0.1) is 0 Å². The maximum absolute atomic E-state index is 2.38. The number of benzene rings is 2. The van der Waals surface area contributed by atoms with Gasteiger partial charge in [-0.2, -0.15) is 0 Å². The van der Waals surface area contributed by atoms with Crippen LogP contribution in [0.25, 0.3) is 0 Å². The van der Waals surface area contributed by atoms with Gasteiger partial charge in [0.1, 0.15) is 0 Å². The topological polar surface area (TPSA) is 0 Å². The monoisotopic (exact) mass is 360 g/mol. The highest BCUT2D eigenvalue weighted by atomic mass is 28.2. The summed E-state index contributed by atoms with van der Waals surface area (Å²) >= 11 is 0. The van der Waals surface area contributed by atoms with Crippen molar-refractivity contribution in [3.05, 3.63) is 88.1 Å². The van der Waals surface area contributed by atoms with Crippen LogP contribution in [0.4, 0.5) is 0 Å². The van der Waals surface area contributed by atoms with Gasteiger partial charge < -0.3 is 0 Å². The third-order valence-corrected chi connectivity index (χ3v) is 7.66. The normalized spacial score (nSPS) is 14.1. The fourth-order valence-electron chi connectivity index (χ4n) is 3.86. The van der Waals surface area contributed by atoms with Crippen molar-refractivity contribution in [1.29, 1.82) is 0 Å². The van der Waals surface area contributed by atoms with E-state index in [0.717, 1.165) is 6.42 Å². The smallest absolute Gasteiger partial charge is 0.0806 e. The third-order valence-electron chi connectivity index (χ3n) is 5.42. The van der Waals surface area contributed by atoms with Crippen molar-refractivity contribution in [1.82, 2.24) is 0 Å². The molecular weight excluding hydrogens is 328 g/mol. The summed E-state index contributed by atoms with van der Waals surface area (Å²) in [4.78, 5) is 0. The average molecular weight is 361 g/mol. The second-order valence-corrected chi connectivity index (χ2v) is 9.50. The summed E-state index contributed by atoms with van der Waals surface area (Å²) in [6.07, 6.45) is 13.3. The maximum Gasteiger partial charge on any atom is 0.0835 e. The zero-order valence-corrected chi connectivity index (χ0v) is 17.8. The summed E-state index contributed by atoms with van der Waals surface area (Å²) in [7, 11) is -0.350. The van der Waals surface area contributed by atoms with E-state index in [4.69, 9.17) is 0 Å². The number of unbranched alkanes of at least 4 members (excludes halogenated alkanes) is 1. The van der Waals surface area contributed by atoms with Crippen LogP contribution >= 0.6 is 0 Å². The van der Waals surface area contributed by atoms with Crippen LogP contribution in [0.2, 0.25) is 0 Å². The standard InChI is InChI=1S/C25H32Si/c1-3-5-10-20-15-17-21(18-16-20)19-23-11-6-7-13-25(23)26-24-14-8-12-22(24)9-4-2/h6-8,11-13,15-18H,3-5,9-10,14,19,26H2,1-2H3. The molecule has 0 nitrogen and oxygen atoms in total. The molecule has 1 heteroatoms. The van der Waals surface area contributed by atoms with E-state index in [1.165, 1.54) is 55.2 Å². The van der Waals surface area contributed by atoms with Crippen molar-refractivity contribution in [3.8, 4) is 0 Å². The summed E-state index contributed by atoms with van der Waals surface area (Å²) in [6, 6.07) is 18.5. The fourth-order valence-corrected chi connectivity index (χ4v) is 5.88. The van der Waals surface area contributed by atoms with Crippen LogP contribution in [0.1, 0.15) is 62.6 Å². The largest absolute Gasteiger partial charge is 0.0835 e. The second kappa shape index (κ2) is 9.73. The van der Waals surface area contributed by atoms with Crippen LogP contribution < -0.4 is 5.19 Å². The van der Waals surface area contributed by atoms with Crippen LogP contribution in [0, 0.1) is 0 Å². The van der Waals surface area contributed by atoms with Crippen LogP contribution in [-0.2, 0) is 12.8 Å². The molecule has 0 saturated heterocycles. The minimum absolute atomic E-state index is 0.350. The lowest BCUT2D eigenvalue weighted by atomic mass is 10.0. The first-order valence-electron chi connectivity index (χ1n) is 10.3. The first kappa shape index (κ1) is 18.9. The molecule has 0 amide bonds. The van der Waals surface area contributed by atoms with E-state index in [1.807, 2.05) is 0 Å². The summed E-state index contributed by atoms with van der Waals surface area (Å²) in [5, 5.41) is 3.39.